The standard InChI is InChI=1S/C16H17BrFNO/c1-12(13-5-7-15(18)8-6-13)19-9-10-20-16-4-2-3-14(17)11-16/h2-8,11-12,19H,9-10H2,1H3/t12-/m1/s1. The van der Waals surface area contributed by atoms with Crippen molar-refractivity contribution in [1.82, 2.24) is 5.32 Å². The maximum Gasteiger partial charge on any atom is 0.123 e. The molecule has 0 unspecified atom stereocenters. The zero-order valence-corrected chi connectivity index (χ0v) is 12.9. The van der Waals surface area contributed by atoms with Crippen molar-refractivity contribution >= 4 is 15.9 Å². The van der Waals surface area contributed by atoms with Crippen LogP contribution >= 0.6 is 15.9 Å². The van der Waals surface area contributed by atoms with Gasteiger partial charge < -0.3 is 10.1 Å². The van der Waals surface area contributed by atoms with Crippen molar-refractivity contribution in [2.75, 3.05) is 13.2 Å². The summed E-state index contributed by atoms with van der Waals surface area (Å²) in [7, 11) is 0. The second-order valence-corrected chi connectivity index (χ2v) is 5.45. The van der Waals surface area contributed by atoms with Gasteiger partial charge in [-0.1, -0.05) is 34.1 Å². The Kier molecular flexibility index (Phi) is 5.56. The minimum Gasteiger partial charge on any atom is -0.492 e. The summed E-state index contributed by atoms with van der Waals surface area (Å²) in [4.78, 5) is 0. The molecule has 106 valence electrons. The Labute approximate surface area is 127 Å². The average molecular weight is 338 g/mol. The van der Waals surface area contributed by atoms with E-state index in [1.165, 1.54) is 12.1 Å². The van der Waals surface area contributed by atoms with Gasteiger partial charge in [0.15, 0.2) is 0 Å². The maximum absolute atomic E-state index is 12.8. The lowest BCUT2D eigenvalue weighted by atomic mass is 10.1. The summed E-state index contributed by atoms with van der Waals surface area (Å²) in [6, 6.07) is 14.5. The van der Waals surface area contributed by atoms with Gasteiger partial charge in [-0.3, -0.25) is 0 Å². The molecule has 4 heteroatoms. The van der Waals surface area contributed by atoms with E-state index in [2.05, 4.69) is 21.2 Å². The molecule has 2 nitrogen and oxygen atoms in total. The molecule has 0 radical (unpaired) electrons. The van der Waals surface area contributed by atoms with E-state index >= 15 is 0 Å². The lowest BCUT2D eigenvalue weighted by molar-refractivity contribution is 0.307. The molecule has 2 aromatic rings. The highest BCUT2D eigenvalue weighted by atomic mass is 79.9. The van der Waals surface area contributed by atoms with Crippen molar-refractivity contribution < 1.29 is 9.13 Å². The lowest BCUT2D eigenvalue weighted by Gasteiger charge is -2.14. The molecule has 0 saturated heterocycles. The molecule has 0 aliphatic rings. The third kappa shape index (κ3) is 4.62. The fourth-order valence-corrected chi connectivity index (χ4v) is 2.25. The summed E-state index contributed by atoms with van der Waals surface area (Å²) in [5.74, 6) is 0.634. The highest BCUT2D eigenvalue weighted by Gasteiger charge is 2.04. The smallest absolute Gasteiger partial charge is 0.123 e. The van der Waals surface area contributed by atoms with E-state index < -0.39 is 0 Å². The van der Waals surface area contributed by atoms with Crippen molar-refractivity contribution in [3.05, 3.63) is 64.4 Å². The van der Waals surface area contributed by atoms with Crippen LogP contribution in [0.1, 0.15) is 18.5 Å². The molecular formula is C16H17BrFNO. The van der Waals surface area contributed by atoms with Crippen molar-refractivity contribution in [2.24, 2.45) is 0 Å². The molecule has 0 amide bonds. The Morgan fingerprint density at radius 1 is 1.20 bits per heavy atom. The van der Waals surface area contributed by atoms with E-state index in [9.17, 15) is 4.39 Å². The Hall–Kier alpha value is -1.39. The van der Waals surface area contributed by atoms with Crippen molar-refractivity contribution in [3.8, 4) is 5.75 Å². The quantitative estimate of drug-likeness (QED) is 0.792. The van der Waals surface area contributed by atoms with Gasteiger partial charge in [-0.2, -0.15) is 0 Å². The van der Waals surface area contributed by atoms with Crippen LogP contribution in [0.4, 0.5) is 4.39 Å². The normalized spacial score (nSPS) is 12.2. The third-order valence-electron chi connectivity index (χ3n) is 2.99. The van der Waals surface area contributed by atoms with Crippen LogP contribution in [-0.4, -0.2) is 13.2 Å². The Morgan fingerprint density at radius 2 is 1.95 bits per heavy atom. The fraction of sp³-hybridized carbons (Fsp3) is 0.250. The van der Waals surface area contributed by atoms with Crippen LogP contribution < -0.4 is 10.1 Å². The summed E-state index contributed by atoms with van der Waals surface area (Å²) in [6.07, 6.45) is 0. The van der Waals surface area contributed by atoms with Crippen LogP contribution in [0.5, 0.6) is 5.75 Å². The van der Waals surface area contributed by atoms with Crippen molar-refractivity contribution in [1.29, 1.82) is 0 Å². The topological polar surface area (TPSA) is 21.3 Å². The first-order valence-corrected chi connectivity index (χ1v) is 7.31. The van der Waals surface area contributed by atoms with E-state index in [1.807, 2.05) is 31.2 Å². The van der Waals surface area contributed by atoms with Gasteiger partial charge in [0.05, 0.1) is 0 Å². The number of ether oxygens (including phenoxy) is 1. The minimum atomic E-state index is -0.209. The van der Waals surface area contributed by atoms with Gasteiger partial charge in [-0.15, -0.1) is 0 Å². The number of hydrogen-bond donors (Lipinski definition) is 1. The number of benzene rings is 2. The van der Waals surface area contributed by atoms with Crippen LogP contribution in [0.15, 0.2) is 53.0 Å². The largest absolute Gasteiger partial charge is 0.492 e. The van der Waals surface area contributed by atoms with Crippen LogP contribution in [0, 0.1) is 5.82 Å². The van der Waals surface area contributed by atoms with Gasteiger partial charge in [0.1, 0.15) is 18.2 Å². The number of halogens is 2. The molecule has 2 rings (SSSR count). The van der Waals surface area contributed by atoms with E-state index in [4.69, 9.17) is 4.74 Å². The summed E-state index contributed by atoms with van der Waals surface area (Å²) in [5.41, 5.74) is 1.06. The van der Waals surface area contributed by atoms with Gasteiger partial charge in [0, 0.05) is 17.1 Å². The van der Waals surface area contributed by atoms with E-state index in [0.717, 1.165) is 22.3 Å². The first-order chi connectivity index (χ1) is 9.65. The monoisotopic (exact) mass is 337 g/mol. The molecule has 0 saturated carbocycles. The molecule has 0 aliphatic heterocycles. The first kappa shape index (κ1) is 15.0. The zero-order chi connectivity index (χ0) is 14.4. The predicted octanol–water partition coefficient (Wildman–Crippen LogP) is 4.32. The predicted molar refractivity (Wildman–Crippen MR) is 82.5 cm³/mol. The Balaban J connectivity index is 1.74. The molecule has 0 aliphatic carbocycles. The molecule has 0 heterocycles. The summed E-state index contributed by atoms with van der Waals surface area (Å²) in [6.45, 7) is 3.36. The molecule has 1 N–H and O–H groups in total. The van der Waals surface area contributed by atoms with Crippen molar-refractivity contribution in [2.45, 2.75) is 13.0 Å². The third-order valence-corrected chi connectivity index (χ3v) is 3.48. The molecule has 20 heavy (non-hydrogen) atoms. The first-order valence-electron chi connectivity index (χ1n) is 6.52. The van der Waals surface area contributed by atoms with Gasteiger partial charge in [-0.05, 0) is 42.8 Å². The van der Waals surface area contributed by atoms with E-state index in [0.29, 0.717) is 6.61 Å². The molecule has 1 atom stereocenters. The fourth-order valence-electron chi connectivity index (χ4n) is 1.87. The molecular weight excluding hydrogens is 321 g/mol. The molecule has 0 bridgehead atoms. The van der Waals surface area contributed by atoms with Crippen LogP contribution in [0.2, 0.25) is 0 Å². The highest BCUT2D eigenvalue weighted by Crippen LogP contribution is 2.17. The molecule has 0 spiro atoms. The number of hydrogen-bond acceptors (Lipinski definition) is 2. The van der Waals surface area contributed by atoms with Crippen LogP contribution in [-0.2, 0) is 0 Å². The maximum atomic E-state index is 12.8. The van der Waals surface area contributed by atoms with Gasteiger partial charge in [-0.25, -0.2) is 4.39 Å². The molecule has 0 fully saturated rings. The zero-order valence-electron chi connectivity index (χ0n) is 11.3. The van der Waals surface area contributed by atoms with Crippen LogP contribution in [0.3, 0.4) is 0 Å². The number of rotatable bonds is 6. The second-order valence-electron chi connectivity index (χ2n) is 4.53. The minimum absolute atomic E-state index is 0.168. The van der Waals surface area contributed by atoms with E-state index in [1.54, 1.807) is 12.1 Å². The Morgan fingerprint density at radius 3 is 2.65 bits per heavy atom. The van der Waals surface area contributed by atoms with Crippen molar-refractivity contribution in [3.63, 3.8) is 0 Å². The molecule has 0 aromatic heterocycles. The summed E-state index contributed by atoms with van der Waals surface area (Å²) < 4.78 is 19.5. The van der Waals surface area contributed by atoms with Gasteiger partial charge in [0.25, 0.3) is 0 Å². The highest BCUT2D eigenvalue weighted by molar-refractivity contribution is 9.10. The Bertz CT molecular complexity index is 544. The van der Waals surface area contributed by atoms with Gasteiger partial charge >= 0.3 is 0 Å². The average Bonchev–Trinajstić information content (AvgIpc) is 2.44. The lowest BCUT2D eigenvalue weighted by Crippen LogP contribution is -2.24. The van der Waals surface area contributed by atoms with Gasteiger partial charge in [0.2, 0.25) is 0 Å². The SMILES string of the molecule is C[C@@H](NCCOc1cccc(Br)c1)c1ccc(F)cc1. The van der Waals surface area contributed by atoms with Crippen LogP contribution in [0.25, 0.3) is 0 Å². The van der Waals surface area contributed by atoms with E-state index in [-0.39, 0.29) is 11.9 Å². The summed E-state index contributed by atoms with van der Waals surface area (Å²) >= 11 is 3.40. The summed E-state index contributed by atoms with van der Waals surface area (Å²) in [5, 5.41) is 3.34. The number of nitrogens with one attached hydrogen (secondary N) is 1. The second kappa shape index (κ2) is 7.41. The molecule has 2 aromatic carbocycles.